The molecule has 2 N–H and O–H groups in total. The molecule has 126 valence electrons. The molecule has 0 unspecified atom stereocenters. The van der Waals surface area contributed by atoms with Crippen LogP contribution in [0.3, 0.4) is 0 Å². The van der Waals surface area contributed by atoms with Crippen LogP contribution in [0.5, 0.6) is 0 Å². The molecule has 1 heterocycles. The van der Waals surface area contributed by atoms with E-state index in [-0.39, 0.29) is 23.5 Å². The van der Waals surface area contributed by atoms with Crippen molar-refractivity contribution in [3.05, 3.63) is 35.4 Å². The first kappa shape index (κ1) is 16.5. The Hall–Kier alpha value is -1.39. The standard InChI is InChI=1S/C19H28N2O2/c1-13(2)12-16(22)21-17-14-6-4-5-7-15(14)19(18(17)23-3)8-10-20-11-9-19/h4-7,13,17-18,20H,8-12H2,1-3H3,(H,21,22)/t17-,18+/m0/s1. The van der Waals surface area contributed by atoms with Gasteiger partial charge in [0.2, 0.25) is 5.91 Å². The second kappa shape index (κ2) is 6.62. The molecule has 1 spiro atoms. The van der Waals surface area contributed by atoms with Crippen LogP contribution in [0.15, 0.2) is 24.3 Å². The monoisotopic (exact) mass is 316 g/mol. The molecular formula is C19H28N2O2. The number of fused-ring (bicyclic) bond motifs is 2. The van der Waals surface area contributed by atoms with Crippen LogP contribution in [0, 0.1) is 5.92 Å². The predicted molar refractivity (Wildman–Crippen MR) is 91.4 cm³/mol. The smallest absolute Gasteiger partial charge is 0.220 e. The van der Waals surface area contributed by atoms with E-state index in [0.29, 0.717) is 12.3 Å². The number of methoxy groups -OCH3 is 1. The summed E-state index contributed by atoms with van der Waals surface area (Å²) in [6.07, 6.45) is 2.68. The largest absolute Gasteiger partial charge is 0.378 e. The third-order valence-corrected chi connectivity index (χ3v) is 5.34. The van der Waals surface area contributed by atoms with Crippen molar-refractivity contribution in [1.29, 1.82) is 0 Å². The van der Waals surface area contributed by atoms with E-state index >= 15 is 0 Å². The lowest BCUT2D eigenvalue weighted by atomic mass is 9.72. The molecule has 0 saturated carbocycles. The number of ether oxygens (including phenoxy) is 1. The Balaban J connectivity index is 1.94. The van der Waals surface area contributed by atoms with Crippen LogP contribution >= 0.6 is 0 Å². The average molecular weight is 316 g/mol. The van der Waals surface area contributed by atoms with Crippen LogP contribution in [0.2, 0.25) is 0 Å². The molecule has 2 atom stereocenters. The van der Waals surface area contributed by atoms with Crippen LogP contribution in [-0.2, 0) is 14.9 Å². The van der Waals surface area contributed by atoms with Crippen molar-refractivity contribution < 1.29 is 9.53 Å². The van der Waals surface area contributed by atoms with Crippen LogP contribution < -0.4 is 10.6 Å². The molecule has 4 heteroatoms. The van der Waals surface area contributed by atoms with Crippen LogP contribution in [0.25, 0.3) is 0 Å². The van der Waals surface area contributed by atoms with Crippen molar-refractivity contribution in [2.45, 2.75) is 50.7 Å². The highest BCUT2D eigenvalue weighted by Gasteiger charge is 2.53. The zero-order valence-electron chi connectivity index (χ0n) is 14.4. The van der Waals surface area contributed by atoms with E-state index < -0.39 is 0 Å². The Morgan fingerprint density at radius 3 is 2.70 bits per heavy atom. The van der Waals surface area contributed by atoms with E-state index in [1.54, 1.807) is 7.11 Å². The van der Waals surface area contributed by atoms with Gasteiger partial charge in [0.05, 0.1) is 12.1 Å². The van der Waals surface area contributed by atoms with Gasteiger partial charge in [0.15, 0.2) is 0 Å². The molecule has 0 bridgehead atoms. The Morgan fingerprint density at radius 1 is 1.35 bits per heavy atom. The molecule has 0 aromatic heterocycles. The molecule has 1 aromatic carbocycles. The van der Waals surface area contributed by atoms with Gasteiger partial charge in [-0.05, 0) is 43.0 Å². The molecule has 4 nitrogen and oxygen atoms in total. The lowest BCUT2D eigenvalue weighted by Crippen LogP contribution is -2.49. The van der Waals surface area contributed by atoms with Crippen LogP contribution in [0.1, 0.15) is 50.3 Å². The summed E-state index contributed by atoms with van der Waals surface area (Å²) in [6.45, 7) is 6.15. The third-order valence-electron chi connectivity index (χ3n) is 5.34. The maximum Gasteiger partial charge on any atom is 0.220 e. The summed E-state index contributed by atoms with van der Waals surface area (Å²) in [5.74, 6) is 0.480. The highest BCUT2D eigenvalue weighted by molar-refractivity contribution is 5.77. The number of nitrogens with one attached hydrogen (secondary N) is 2. The molecule has 1 aliphatic heterocycles. The van der Waals surface area contributed by atoms with E-state index in [0.717, 1.165) is 25.9 Å². The SMILES string of the molecule is CO[C@@H]1[C@@H](NC(=O)CC(C)C)c2ccccc2C12CCNCC2. The molecule has 23 heavy (non-hydrogen) atoms. The fourth-order valence-corrected chi connectivity index (χ4v) is 4.40. The van der Waals surface area contributed by atoms with Gasteiger partial charge in [-0.2, -0.15) is 0 Å². The van der Waals surface area contributed by atoms with Gasteiger partial charge in [-0.1, -0.05) is 38.1 Å². The van der Waals surface area contributed by atoms with Crippen LogP contribution in [0.4, 0.5) is 0 Å². The van der Waals surface area contributed by atoms with E-state index in [4.69, 9.17) is 4.74 Å². The number of rotatable bonds is 4. The fraction of sp³-hybridized carbons (Fsp3) is 0.632. The predicted octanol–water partition coefficient (Wildman–Crippen LogP) is 2.54. The van der Waals surface area contributed by atoms with Gasteiger partial charge in [0, 0.05) is 18.9 Å². The van der Waals surface area contributed by atoms with Gasteiger partial charge in [-0.25, -0.2) is 0 Å². The van der Waals surface area contributed by atoms with E-state index in [2.05, 4.69) is 48.7 Å². The summed E-state index contributed by atoms with van der Waals surface area (Å²) in [5, 5.41) is 6.70. The molecule has 0 radical (unpaired) electrons. The fourth-order valence-electron chi connectivity index (χ4n) is 4.40. The molecule has 1 aliphatic carbocycles. The first-order valence-electron chi connectivity index (χ1n) is 8.71. The zero-order chi connectivity index (χ0) is 16.4. The highest BCUT2D eigenvalue weighted by atomic mass is 16.5. The summed E-state index contributed by atoms with van der Waals surface area (Å²) < 4.78 is 5.96. The molecule has 3 rings (SSSR count). The summed E-state index contributed by atoms with van der Waals surface area (Å²) in [4.78, 5) is 12.4. The molecule has 1 aromatic rings. The molecule has 1 amide bonds. The lowest BCUT2D eigenvalue weighted by molar-refractivity contribution is -0.124. The normalized spacial score (nSPS) is 25.6. The van der Waals surface area contributed by atoms with E-state index in [9.17, 15) is 4.79 Å². The first-order valence-corrected chi connectivity index (χ1v) is 8.71. The lowest BCUT2D eigenvalue weighted by Gasteiger charge is -2.40. The number of benzene rings is 1. The molecule has 1 saturated heterocycles. The van der Waals surface area contributed by atoms with Gasteiger partial charge >= 0.3 is 0 Å². The Kier molecular flexibility index (Phi) is 4.74. The summed E-state index contributed by atoms with van der Waals surface area (Å²) in [7, 11) is 1.78. The van der Waals surface area contributed by atoms with Gasteiger partial charge < -0.3 is 15.4 Å². The summed E-state index contributed by atoms with van der Waals surface area (Å²) in [6, 6.07) is 8.50. The number of amides is 1. The van der Waals surface area contributed by atoms with Gasteiger partial charge in [0.1, 0.15) is 0 Å². The Bertz CT molecular complexity index is 564. The number of carbonyl (C=O) groups is 1. The topological polar surface area (TPSA) is 50.4 Å². The third kappa shape index (κ3) is 2.90. The second-order valence-corrected chi connectivity index (χ2v) is 7.29. The van der Waals surface area contributed by atoms with Crippen molar-refractivity contribution in [2.24, 2.45) is 5.92 Å². The minimum Gasteiger partial charge on any atom is -0.378 e. The number of hydrogen-bond donors (Lipinski definition) is 2. The molecule has 2 aliphatic rings. The minimum atomic E-state index is -0.0412. The number of hydrogen-bond acceptors (Lipinski definition) is 3. The Labute approximate surface area is 139 Å². The maximum atomic E-state index is 12.4. The average Bonchev–Trinajstić information content (AvgIpc) is 2.77. The van der Waals surface area contributed by atoms with Gasteiger partial charge in [0.25, 0.3) is 0 Å². The molecular weight excluding hydrogens is 288 g/mol. The summed E-state index contributed by atoms with van der Waals surface area (Å²) >= 11 is 0. The Morgan fingerprint density at radius 2 is 2.04 bits per heavy atom. The quantitative estimate of drug-likeness (QED) is 0.897. The summed E-state index contributed by atoms with van der Waals surface area (Å²) in [5.41, 5.74) is 2.62. The maximum absolute atomic E-state index is 12.4. The highest BCUT2D eigenvalue weighted by Crippen LogP contribution is 2.51. The zero-order valence-corrected chi connectivity index (χ0v) is 14.4. The molecule has 1 fully saturated rings. The van der Waals surface area contributed by atoms with Crippen molar-refractivity contribution >= 4 is 5.91 Å². The number of piperidine rings is 1. The van der Waals surface area contributed by atoms with Crippen molar-refractivity contribution in [3.8, 4) is 0 Å². The van der Waals surface area contributed by atoms with E-state index in [1.165, 1.54) is 11.1 Å². The van der Waals surface area contributed by atoms with Gasteiger partial charge in [-0.3, -0.25) is 4.79 Å². The minimum absolute atomic E-state index is 0.0121. The second-order valence-electron chi connectivity index (χ2n) is 7.29. The van der Waals surface area contributed by atoms with Crippen molar-refractivity contribution in [1.82, 2.24) is 10.6 Å². The van der Waals surface area contributed by atoms with Gasteiger partial charge in [-0.15, -0.1) is 0 Å². The number of carbonyl (C=O) groups excluding carboxylic acids is 1. The van der Waals surface area contributed by atoms with Crippen molar-refractivity contribution in [3.63, 3.8) is 0 Å². The first-order chi connectivity index (χ1) is 11.1. The van der Waals surface area contributed by atoms with Crippen molar-refractivity contribution in [2.75, 3.05) is 20.2 Å². The van der Waals surface area contributed by atoms with Crippen LogP contribution in [-0.4, -0.2) is 32.2 Å². The van der Waals surface area contributed by atoms with E-state index in [1.807, 2.05) is 0 Å².